The molecule has 2 unspecified atom stereocenters. The molecule has 1 aliphatic carbocycles. The largest absolute Gasteiger partial charge is 0.391 e. The fourth-order valence-corrected chi connectivity index (χ4v) is 2.20. The summed E-state index contributed by atoms with van der Waals surface area (Å²) in [5, 5.41) is 13.1. The zero-order valence-corrected chi connectivity index (χ0v) is 9.24. The van der Waals surface area contributed by atoms with Gasteiger partial charge in [0.25, 0.3) is 0 Å². The fraction of sp³-hybridized carbons (Fsp3) is 0.538. The predicted octanol–water partition coefficient (Wildman–Crippen LogP) is 2.57. The van der Waals surface area contributed by atoms with E-state index in [-0.39, 0.29) is 12.1 Å². The highest BCUT2D eigenvalue weighted by molar-refractivity contribution is 5.47. The molecule has 0 radical (unpaired) electrons. The van der Waals surface area contributed by atoms with Gasteiger partial charge in [0.2, 0.25) is 0 Å². The number of aryl methyl sites for hydroxylation is 1. The molecule has 82 valence electrons. The first-order valence-corrected chi connectivity index (χ1v) is 5.83. The molecular weight excluding hydrogens is 186 g/mol. The van der Waals surface area contributed by atoms with Gasteiger partial charge in [0.15, 0.2) is 0 Å². The number of aliphatic hydroxyl groups excluding tert-OH is 1. The van der Waals surface area contributed by atoms with Gasteiger partial charge in [-0.25, -0.2) is 0 Å². The molecule has 0 aromatic heterocycles. The summed E-state index contributed by atoms with van der Waals surface area (Å²) in [6, 6.07) is 8.70. The van der Waals surface area contributed by atoms with E-state index in [1.807, 2.05) is 0 Å². The molecule has 0 aliphatic heterocycles. The first-order valence-electron chi connectivity index (χ1n) is 5.83. The predicted molar refractivity (Wildman–Crippen MR) is 63.1 cm³/mol. The number of aliphatic hydroxyl groups is 1. The number of hydrogen-bond donors (Lipinski definition) is 2. The van der Waals surface area contributed by atoms with Crippen molar-refractivity contribution in [2.75, 3.05) is 5.32 Å². The van der Waals surface area contributed by atoms with Gasteiger partial charge in [0, 0.05) is 5.69 Å². The van der Waals surface area contributed by atoms with Crippen LogP contribution in [0.2, 0.25) is 0 Å². The molecule has 0 bridgehead atoms. The molecule has 1 aliphatic rings. The molecule has 2 heteroatoms. The first kappa shape index (κ1) is 10.5. The van der Waals surface area contributed by atoms with Gasteiger partial charge in [0.1, 0.15) is 0 Å². The van der Waals surface area contributed by atoms with E-state index in [1.165, 1.54) is 5.56 Å². The van der Waals surface area contributed by atoms with E-state index in [0.717, 1.165) is 31.4 Å². The summed E-state index contributed by atoms with van der Waals surface area (Å²) in [5.74, 6) is 0. The molecule has 0 saturated heterocycles. The Balaban J connectivity index is 2.03. The number of anilines is 1. The van der Waals surface area contributed by atoms with E-state index in [9.17, 15) is 5.11 Å². The Morgan fingerprint density at radius 3 is 2.93 bits per heavy atom. The Morgan fingerprint density at radius 1 is 1.40 bits per heavy atom. The van der Waals surface area contributed by atoms with E-state index in [4.69, 9.17) is 0 Å². The van der Waals surface area contributed by atoms with E-state index in [1.54, 1.807) is 0 Å². The maximum absolute atomic E-state index is 9.71. The number of rotatable bonds is 3. The van der Waals surface area contributed by atoms with Crippen LogP contribution in [0.4, 0.5) is 5.69 Å². The van der Waals surface area contributed by atoms with E-state index in [0.29, 0.717) is 0 Å². The van der Waals surface area contributed by atoms with Gasteiger partial charge in [-0.05, 0) is 43.4 Å². The quantitative estimate of drug-likeness (QED) is 0.795. The third kappa shape index (κ3) is 2.51. The van der Waals surface area contributed by atoms with E-state index in [2.05, 4.69) is 36.5 Å². The second-order valence-corrected chi connectivity index (χ2v) is 4.30. The lowest BCUT2D eigenvalue weighted by Crippen LogP contribution is -2.27. The second-order valence-electron chi connectivity index (χ2n) is 4.30. The SMILES string of the molecule is CCc1cccc(NC2CCCC2O)c1. The monoisotopic (exact) mass is 205 g/mol. The molecule has 2 atom stereocenters. The highest BCUT2D eigenvalue weighted by Crippen LogP contribution is 2.23. The minimum absolute atomic E-state index is 0.171. The van der Waals surface area contributed by atoms with Crippen LogP contribution < -0.4 is 5.32 Å². The standard InChI is InChI=1S/C13H19NO/c1-2-10-5-3-6-11(9-10)14-12-7-4-8-13(12)15/h3,5-6,9,12-15H,2,4,7-8H2,1H3. The van der Waals surface area contributed by atoms with Crippen LogP contribution in [0.15, 0.2) is 24.3 Å². The lowest BCUT2D eigenvalue weighted by Gasteiger charge is -2.18. The van der Waals surface area contributed by atoms with Crippen LogP contribution in [0.5, 0.6) is 0 Å². The van der Waals surface area contributed by atoms with Crippen molar-refractivity contribution in [1.29, 1.82) is 0 Å². The Labute approximate surface area is 91.3 Å². The highest BCUT2D eigenvalue weighted by Gasteiger charge is 2.24. The lowest BCUT2D eigenvalue weighted by molar-refractivity contribution is 0.172. The summed E-state index contributed by atoms with van der Waals surface area (Å²) in [4.78, 5) is 0. The van der Waals surface area contributed by atoms with Crippen LogP contribution >= 0.6 is 0 Å². The van der Waals surface area contributed by atoms with Crippen molar-refractivity contribution in [1.82, 2.24) is 0 Å². The molecular formula is C13H19NO. The van der Waals surface area contributed by atoms with Gasteiger partial charge in [-0.15, -0.1) is 0 Å². The summed E-state index contributed by atoms with van der Waals surface area (Å²) < 4.78 is 0. The van der Waals surface area contributed by atoms with Gasteiger partial charge < -0.3 is 10.4 Å². The van der Waals surface area contributed by atoms with Gasteiger partial charge in [-0.2, -0.15) is 0 Å². The average Bonchev–Trinajstić information content (AvgIpc) is 2.65. The summed E-state index contributed by atoms with van der Waals surface area (Å²) in [6.07, 6.45) is 4.04. The molecule has 1 fully saturated rings. The van der Waals surface area contributed by atoms with E-state index < -0.39 is 0 Å². The van der Waals surface area contributed by atoms with Crippen molar-refractivity contribution in [3.8, 4) is 0 Å². The Morgan fingerprint density at radius 2 is 2.27 bits per heavy atom. The molecule has 1 aromatic rings. The second kappa shape index (κ2) is 4.67. The van der Waals surface area contributed by atoms with Crippen LogP contribution in [0.1, 0.15) is 31.7 Å². The van der Waals surface area contributed by atoms with Crippen LogP contribution in [0, 0.1) is 0 Å². The number of nitrogens with one attached hydrogen (secondary N) is 1. The molecule has 15 heavy (non-hydrogen) atoms. The van der Waals surface area contributed by atoms with Crippen molar-refractivity contribution >= 4 is 5.69 Å². The van der Waals surface area contributed by atoms with Crippen molar-refractivity contribution in [2.45, 2.75) is 44.8 Å². The summed E-state index contributed by atoms with van der Waals surface area (Å²) >= 11 is 0. The maximum atomic E-state index is 9.71. The molecule has 2 N–H and O–H groups in total. The summed E-state index contributed by atoms with van der Waals surface area (Å²) in [5.41, 5.74) is 2.48. The maximum Gasteiger partial charge on any atom is 0.0741 e. The average molecular weight is 205 g/mol. The summed E-state index contributed by atoms with van der Waals surface area (Å²) in [7, 11) is 0. The topological polar surface area (TPSA) is 32.3 Å². The molecule has 0 spiro atoms. The lowest BCUT2D eigenvalue weighted by atomic mass is 10.1. The normalized spacial score (nSPS) is 25.5. The minimum Gasteiger partial charge on any atom is -0.391 e. The van der Waals surface area contributed by atoms with Gasteiger partial charge >= 0.3 is 0 Å². The molecule has 0 amide bonds. The van der Waals surface area contributed by atoms with Crippen molar-refractivity contribution in [2.24, 2.45) is 0 Å². The molecule has 2 nitrogen and oxygen atoms in total. The van der Waals surface area contributed by atoms with Crippen molar-refractivity contribution in [3.05, 3.63) is 29.8 Å². The first-order chi connectivity index (χ1) is 7.29. The van der Waals surface area contributed by atoms with Crippen LogP contribution in [-0.4, -0.2) is 17.3 Å². The minimum atomic E-state index is -0.171. The number of hydrogen-bond acceptors (Lipinski definition) is 2. The van der Waals surface area contributed by atoms with Crippen molar-refractivity contribution in [3.63, 3.8) is 0 Å². The Hall–Kier alpha value is -1.02. The Bertz CT molecular complexity index is 324. The van der Waals surface area contributed by atoms with Crippen LogP contribution in [0.3, 0.4) is 0 Å². The summed E-state index contributed by atoms with van der Waals surface area (Å²) in [6.45, 7) is 2.16. The van der Waals surface area contributed by atoms with Gasteiger partial charge in [-0.1, -0.05) is 19.1 Å². The zero-order valence-electron chi connectivity index (χ0n) is 9.24. The van der Waals surface area contributed by atoms with Crippen LogP contribution in [0.25, 0.3) is 0 Å². The van der Waals surface area contributed by atoms with E-state index >= 15 is 0 Å². The molecule has 2 rings (SSSR count). The van der Waals surface area contributed by atoms with Gasteiger partial charge in [0.05, 0.1) is 12.1 Å². The highest BCUT2D eigenvalue weighted by atomic mass is 16.3. The molecule has 1 aromatic carbocycles. The molecule has 1 saturated carbocycles. The third-order valence-electron chi connectivity index (χ3n) is 3.17. The third-order valence-corrected chi connectivity index (χ3v) is 3.17. The zero-order chi connectivity index (χ0) is 10.7. The Kier molecular flexibility index (Phi) is 3.27. The number of benzene rings is 1. The van der Waals surface area contributed by atoms with Gasteiger partial charge in [-0.3, -0.25) is 0 Å². The smallest absolute Gasteiger partial charge is 0.0741 e. The van der Waals surface area contributed by atoms with Crippen molar-refractivity contribution < 1.29 is 5.11 Å². The fourth-order valence-electron chi connectivity index (χ4n) is 2.20. The van der Waals surface area contributed by atoms with Crippen LogP contribution in [-0.2, 0) is 6.42 Å². The molecule has 0 heterocycles.